The molecule has 0 aliphatic heterocycles. The largest absolute Gasteiger partial charge is 0.356 e. The fourth-order valence-corrected chi connectivity index (χ4v) is 2.60. The van der Waals surface area contributed by atoms with E-state index in [0.29, 0.717) is 31.4 Å². The molecule has 3 rings (SSSR count). The van der Waals surface area contributed by atoms with Crippen LogP contribution in [0.5, 0.6) is 0 Å². The summed E-state index contributed by atoms with van der Waals surface area (Å²) in [5.41, 5.74) is 2.61. The second kappa shape index (κ2) is 8.24. The minimum Gasteiger partial charge on any atom is -0.356 e. The van der Waals surface area contributed by atoms with Gasteiger partial charge in [-0.15, -0.1) is 0 Å². The molecule has 1 heterocycles. The normalized spacial score (nSPS) is 10.6. The van der Waals surface area contributed by atoms with Crippen molar-refractivity contribution < 1.29 is 9.18 Å². The van der Waals surface area contributed by atoms with Gasteiger partial charge in [0.15, 0.2) is 0 Å². The quantitative estimate of drug-likeness (QED) is 0.719. The summed E-state index contributed by atoms with van der Waals surface area (Å²) >= 11 is 0. The molecule has 0 aliphatic carbocycles. The summed E-state index contributed by atoms with van der Waals surface area (Å²) in [7, 11) is 0. The van der Waals surface area contributed by atoms with Gasteiger partial charge in [0.05, 0.1) is 11.9 Å². The summed E-state index contributed by atoms with van der Waals surface area (Å²) < 4.78 is 15.3. The lowest BCUT2D eigenvalue weighted by atomic mass is 10.1. The molecule has 4 nitrogen and oxygen atoms in total. The van der Waals surface area contributed by atoms with E-state index in [4.69, 9.17) is 0 Å². The van der Waals surface area contributed by atoms with Crippen molar-refractivity contribution in [3.63, 3.8) is 0 Å². The highest BCUT2D eigenvalue weighted by Gasteiger charge is 2.06. The first kappa shape index (κ1) is 16.9. The maximum atomic E-state index is 13.5. The average molecular weight is 337 g/mol. The van der Waals surface area contributed by atoms with Crippen molar-refractivity contribution in [1.82, 2.24) is 15.1 Å². The van der Waals surface area contributed by atoms with Gasteiger partial charge in [0.1, 0.15) is 5.82 Å². The van der Waals surface area contributed by atoms with Crippen LogP contribution in [0.25, 0.3) is 5.69 Å². The molecule has 5 heteroatoms. The molecule has 0 unspecified atom stereocenters. The summed E-state index contributed by atoms with van der Waals surface area (Å²) in [5.74, 6) is -0.270. The van der Waals surface area contributed by atoms with Crippen LogP contribution in [0, 0.1) is 5.82 Å². The molecule has 3 aromatic rings. The molecular formula is C20H20FN3O. The third-order valence-corrected chi connectivity index (χ3v) is 3.97. The summed E-state index contributed by atoms with van der Waals surface area (Å²) in [5, 5.41) is 7.15. The number of carbonyl (C=O) groups is 1. The van der Waals surface area contributed by atoms with E-state index in [0.717, 1.165) is 11.3 Å². The number of amides is 1. The Labute approximate surface area is 146 Å². The van der Waals surface area contributed by atoms with Crippen LogP contribution in [0.1, 0.15) is 17.5 Å². The van der Waals surface area contributed by atoms with Gasteiger partial charge in [-0.1, -0.05) is 36.4 Å². The second-order valence-electron chi connectivity index (χ2n) is 5.82. The third kappa shape index (κ3) is 4.76. The molecule has 2 aromatic carbocycles. The Morgan fingerprint density at radius 2 is 1.80 bits per heavy atom. The highest BCUT2D eigenvalue weighted by Crippen LogP contribution is 2.09. The lowest BCUT2D eigenvalue weighted by molar-refractivity contribution is -0.121. The van der Waals surface area contributed by atoms with E-state index in [-0.39, 0.29) is 11.7 Å². The molecule has 0 spiro atoms. The number of nitrogens with one attached hydrogen (secondary N) is 1. The lowest BCUT2D eigenvalue weighted by Crippen LogP contribution is -2.26. The van der Waals surface area contributed by atoms with Gasteiger partial charge in [0.2, 0.25) is 5.91 Å². The molecule has 0 aliphatic rings. The van der Waals surface area contributed by atoms with Crippen LogP contribution in [0.4, 0.5) is 4.39 Å². The smallest absolute Gasteiger partial charge is 0.220 e. The zero-order chi connectivity index (χ0) is 17.5. The van der Waals surface area contributed by atoms with E-state index in [2.05, 4.69) is 10.4 Å². The standard InChI is InChI=1S/C20H20FN3O/c21-19-9-5-4-6-17(19)12-13-22-20(25)11-10-16-14-23-24(15-16)18-7-2-1-3-8-18/h1-9,14-15H,10-13H2,(H,22,25). The Hall–Kier alpha value is -2.95. The number of carbonyl (C=O) groups excluding carboxylic acids is 1. The first-order valence-electron chi connectivity index (χ1n) is 8.31. The van der Waals surface area contributed by atoms with E-state index >= 15 is 0 Å². The van der Waals surface area contributed by atoms with Crippen LogP contribution < -0.4 is 5.32 Å². The molecule has 0 radical (unpaired) electrons. The van der Waals surface area contributed by atoms with E-state index in [1.54, 1.807) is 29.1 Å². The number of rotatable bonds is 7. The van der Waals surface area contributed by atoms with Crippen molar-refractivity contribution in [3.8, 4) is 5.69 Å². The van der Waals surface area contributed by atoms with Crippen LogP contribution in [0.15, 0.2) is 67.0 Å². The fourth-order valence-electron chi connectivity index (χ4n) is 2.60. The molecule has 128 valence electrons. The van der Waals surface area contributed by atoms with Gasteiger partial charge in [-0.25, -0.2) is 9.07 Å². The lowest BCUT2D eigenvalue weighted by Gasteiger charge is -2.05. The van der Waals surface area contributed by atoms with Crippen molar-refractivity contribution in [2.24, 2.45) is 0 Å². The van der Waals surface area contributed by atoms with E-state index in [9.17, 15) is 9.18 Å². The van der Waals surface area contributed by atoms with Gasteiger partial charge in [-0.3, -0.25) is 4.79 Å². The molecule has 25 heavy (non-hydrogen) atoms. The molecule has 0 bridgehead atoms. The average Bonchev–Trinajstić information content (AvgIpc) is 3.11. The van der Waals surface area contributed by atoms with Gasteiger partial charge in [0, 0.05) is 19.2 Å². The first-order valence-corrected chi connectivity index (χ1v) is 8.31. The minimum atomic E-state index is -0.231. The van der Waals surface area contributed by atoms with E-state index < -0.39 is 0 Å². The number of para-hydroxylation sites is 1. The predicted molar refractivity (Wildman–Crippen MR) is 95.0 cm³/mol. The van der Waals surface area contributed by atoms with Crippen molar-refractivity contribution in [1.29, 1.82) is 0 Å². The second-order valence-corrected chi connectivity index (χ2v) is 5.82. The van der Waals surface area contributed by atoms with Crippen LogP contribution in [-0.4, -0.2) is 22.2 Å². The van der Waals surface area contributed by atoms with Crippen LogP contribution in [0.2, 0.25) is 0 Å². The Morgan fingerprint density at radius 3 is 2.60 bits per heavy atom. The summed E-state index contributed by atoms with van der Waals surface area (Å²) in [6.45, 7) is 0.434. The third-order valence-electron chi connectivity index (χ3n) is 3.97. The zero-order valence-electron chi connectivity index (χ0n) is 13.9. The monoisotopic (exact) mass is 337 g/mol. The van der Waals surface area contributed by atoms with E-state index in [1.165, 1.54) is 6.07 Å². The topological polar surface area (TPSA) is 46.9 Å². The number of nitrogens with zero attached hydrogens (tertiary/aromatic N) is 2. The predicted octanol–water partition coefficient (Wildman–Crippen LogP) is 3.30. The van der Waals surface area contributed by atoms with Gasteiger partial charge < -0.3 is 5.32 Å². The zero-order valence-corrected chi connectivity index (χ0v) is 13.9. The van der Waals surface area contributed by atoms with Gasteiger partial charge in [-0.2, -0.15) is 5.10 Å². The van der Waals surface area contributed by atoms with Crippen molar-refractivity contribution >= 4 is 5.91 Å². The number of aryl methyl sites for hydroxylation is 1. The fraction of sp³-hybridized carbons (Fsp3) is 0.200. The van der Waals surface area contributed by atoms with Crippen LogP contribution >= 0.6 is 0 Å². The molecule has 0 atom stereocenters. The SMILES string of the molecule is O=C(CCc1cnn(-c2ccccc2)c1)NCCc1ccccc1F. The van der Waals surface area contributed by atoms with Crippen LogP contribution in [-0.2, 0) is 17.6 Å². The summed E-state index contributed by atoms with van der Waals surface area (Å²) in [6, 6.07) is 16.5. The minimum absolute atomic E-state index is 0.0381. The molecular weight excluding hydrogens is 317 g/mol. The highest BCUT2D eigenvalue weighted by molar-refractivity contribution is 5.76. The molecule has 1 amide bonds. The van der Waals surface area contributed by atoms with Crippen molar-refractivity contribution in [3.05, 3.63) is 83.9 Å². The van der Waals surface area contributed by atoms with E-state index in [1.807, 2.05) is 36.5 Å². The Kier molecular flexibility index (Phi) is 5.57. The van der Waals surface area contributed by atoms with Crippen LogP contribution in [0.3, 0.4) is 0 Å². The number of halogens is 1. The molecule has 1 N–H and O–H groups in total. The Morgan fingerprint density at radius 1 is 1.04 bits per heavy atom. The number of hydrogen-bond acceptors (Lipinski definition) is 2. The molecule has 0 fully saturated rings. The van der Waals surface area contributed by atoms with Crippen molar-refractivity contribution in [2.45, 2.75) is 19.3 Å². The van der Waals surface area contributed by atoms with Gasteiger partial charge in [-0.05, 0) is 42.2 Å². The Bertz CT molecular complexity index is 830. The number of benzene rings is 2. The molecule has 0 saturated heterocycles. The highest BCUT2D eigenvalue weighted by atomic mass is 19.1. The summed E-state index contributed by atoms with van der Waals surface area (Å²) in [6.07, 6.45) is 5.21. The van der Waals surface area contributed by atoms with Gasteiger partial charge >= 0.3 is 0 Å². The summed E-state index contributed by atoms with van der Waals surface area (Å²) in [4.78, 5) is 11.9. The number of hydrogen-bond donors (Lipinski definition) is 1. The number of aromatic nitrogens is 2. The van der Waals surface area contributed by atoms with Gasteiger partial charge in [0.25, 0.3) is 0 Å². The molecule has 1 aromatic heterocycles. The maximum Gasteiger partial charge on any atom is 0.220 e. The molecule has 0 saturated carbocycles. The Balaban J connectivity index is 1.44. The first-order chi connectivity index (χ1) is 12.2. The van der Waals surface area contributed by atoms with Crippen molar-refractivity contribution in [2.75, 3.05) is 6.54 Å². The maximum absolute atomic E-state index is 13.5.